The highest BCUT2D eigenvalue weighted by Gasteiger charge is 2.18. The first kappa shape index (κ1) is 16.8. The largest absolute Gasteiger partial charge is 0.384 e. The van der Waals surface area contributed by atoms with Crippen LogP contribution in [0.4, 0.5) is 5.82 Å². The molecule has 5 heteroatoms. The van der Waals surface area contributed by atoms with E-state index in [-0.39, 0.29) is 11.3 Å². The maximum Gasteiger partial charge on any atom is 0.251 e. The maximum atomic E-state index is 12.1. The van der Waals surface area contributed by atoms with E-state index in [0.29, 0.717) is 17.9 Å². The van der Waals surface area contributed by atoms with Gasteiger partial charge in [-0.25, -0.2) is 4.98 Å². The number of amides is 1. The topological polar surface area (TPSA) is 68.0 Å². The summed E-state index contributed by atoms with van der Waals surface area (Å²) < 4.78 is 0. The molecule has 1 heterocycles. The predicted molar refractivity (Wildman–Crippen MR) is 87.3 cm³/mol. The van der Waals surface area contributed by atoms with Crippen LogP contribution in [0.15, 0.2) is 12.1 Å². The predicted octanol–water partition coefficient (Wildman–Crippen LogP) is 2.83. The number of nitrogen functional groups attached to an aromatic ring is 1. The Morgan fingerprint density at radius 2 is 2.05 bits per heavy atom. The second kappa shape index (κ2) is 7.53. The number of thioether (sulfide) groups is 1. The molecule has 0 aliphatic carbocycles. The number of hydrogen-bond acceptors (Lipinski definition) is 4. The van der Waals surface area contributed by atoms with E-state index < -0.39 is 0 Å². The van der Waals surface area contributed by atoms with E-state index in [1.807, 2.05) is 17.8 Å². The number of anilines is 1. The summed E-state index contributed by atoms with van der Waals surface area (Å²) in [7, 11) is 0. The molecule has 0 radical (unpaired) electrons. The molecule has 1 aromatic heterocycles. The molecule has 4 nitrogen and oxygen atoms in total. The molecule has 1 rings (SSSR count). The van der Waals surface area contributed by atoms with Crippen LogP contribution in [-0.2, 0) is 5.41 Å². The molecule has 0 aromatic carbocycles. The van der Waals surface area contributed by atoms with Crippen molar-refractivity contribution < 1.29 is 4.79 Å². The number of carbonyl (C=O) groups is 1. The monoisotopic (exact) mass is 295 g/mol. The summed E-state index contributed by atoms with van der Waals surface area (Å²) in [5.41, 5.74) is 7.10. The number of aromatic nitrogens is 1. The van der Waals surface area contributed by atoms with Gasteiger partial charge >= 0.3 is 0 Å². The van der Waals surface area contributed by atoms with Crippen LogP contribution < -0.4 is 11.1 Å². The molecule has 1 aromatic rings. The lowest BCUT2D eigenvalue weighted by molar-refractivity contribution is 0.0953. The van der Waals surface area contributed by atoms with Crippen molar-refractivity contribution in [2.24, 2.45) is 0 Å². The van der Waals surface area contributed by atoms with Crippen molar-refractivity contribution >= 4 is 23.5 Å². The Morgan fingerprint density at radius 1 is 1.35 bits per heavy atom. The maximum absolute atomic E-state index is 12.1. The summed E-state index contributed by atoms with van der Waals surface area (Å²) in [4.78, 5) is 16.4. The van der Waals surface area contributed by atoms with Gasteiger partial charge in [-0.15, -0.1) is 0 Å². The number of nitrogens with two attached hydrogens (primary N) is 1. The van der Waals surface area contributed by atoms with Crippen LogP contribution in [0.3, 0.4) is 0 Å². The van der Waals surface area contributed by atoms with E-state index in [0.717, 1.165) is 24.3 Å². The highest BCUT2D eigenvalue weighted by Crippen LogP contribution is 2.22. The van der Waals surface area contributed by atoms with Gasteiger partial charge in [-0.3, -0.25) is 4.79 Å². The molecular weight excluding hydrogens is 270 g/mol. The Morgan fingerprint density at radius 3 is 2.65 bits per heavy atom. The van der Waals surface area contributed by atoms with Crippen LogP contribution in [-0.4, -0.2) is 29.4 Å². The van der Waals surface area contributed by atoms with Crippen LogP contribution in [0.1, 0.15) is 49.7 Å². The first-order valence-electron chi connectivity index (χ1n) is 6.90. The molecule has 0 saturated heterocycles. The summed E-state index contributed by atoms with van der Waals surface area (Å²) in [5.74, 6) is 1.45. The molecule has 20 heavy (non-hydrogen) atoms. The van der Waals surface area contributed by atoms with Gasteiger partial charge in [-0.05, 0) is 37.0 Å². The molecule has 112 valence electrons. The second-order valence-electron chi connectivity index (χ2n) is 5.87. The summed E-state index contributed by atoms with van der Waals surface area (Å²) in [5, 5.41) is 2.93. The van der Waals surface area contributed by atoms with Crippen LogP contribution >= 0.6 is 11.8 Å². The Kier molecular flexibility index (Phi) is 6.33. The van der Waals surface area contributed by atoms with Gasteiger partial charge in [0, 0.05) is 23.2 Å². The molecule has 0 bridgehead atoms. The van der Waals surface area contributed by atoms with E-state index in [2.05, 4.69) is 37.3 Å². The summed E-state index contributed by atoms with van der Waals surface area (Å²) in [6.45, 7) is 6.86. The fourth-order valence-electron chi connectivity index (χ4n) is 1.74. The average Bonchev–Trinajstić information content (AvgIpc) is 2.36. The smallest absolute Gasteiger partial charge is 0.251 e. The Hall–Kier alpha value is -1.23. The summed E-state index contributed by atoms with van der Waals surface area (Å²) in [6.07, 6.45) is 4.21. The van der Waals surface area contributed by atoms with Crippen molar-refractivity contribution in [1.82, 2.24) is 10.3 Å². The third kappa shape index (κ3) is 5.41. The van der Waals surface area contributed by atoms with Gasteiger partial charge in [0.1, 0.15) is 5.82 Å². The fourth-order valence-corrected chi connectivity index (χ4v) is 2.24. The Bertz CT molecular complexity index is 455. The van der Waals surface area contributed by atoms with Crippen molar-refractivity contribution in [2.75, 3.05) is 24.3 Å². The Labute approximate surface area is 125 Å². The number of hydrogen-bond donors (Lipinski definition) is 2. The molecule has 0 unspecified atom stereocenters. The van der Waals surface area contributed by atoms with Crippen LogP contribution in [0.25, 0.3) is 0 Å². The zero-order valence-corrected chi connectivity index (χ0v) is 13.6. The van der Waals surface area contributed by atoms with Crippen molar-refractivity contribution in [3.8, 4) is 0 Å². The van der Waals surface area contributed by atoms with Crippen molar-refractivity contribution in [2.45, 2.75) is 39.0 Å². The molecular formula is C15H25N3OS. The normalized spacial score (nSPS) is 11.4. The van der Waals surface area contributed by atoms with Crippen LogP contribution in [0.5, 0.6) is 0 Å². The quantitative estimate of drug-likeness (QED) is 0.792. The molecule has 0 spiro atoms. The number of carbonyl (C=O) groups excluding carboxylic acids is 1. The highest BCUT2D eigenvalue weighted by molar-refractivity contribution is 7.98. The van der Waals surface area contributed by atoms with E-state index in [4.69, 9.17) is 5.73 Å². The lowest BCUT2D eigenvalue weighted by Gasteiger charge is -2.19. The van der Waals surface area contributed by atoms with Gasteiger partial charge in [0.2, 0.25) is 0 Å². The van der Waals surface area contributed by atoms with E-state index >= 15 is 0 Å². The molecule has 3 N–H and O–H groups in total. The Balaban J connectivity index is 2.66. The standard InChI is InChI=1S/C15H25N3OS/c1-15(2,3)12-9-11(10-13(16)18-12)14(19)17-7-5-6-8-20-4/h9-10H,5-8H2,1-4H3,(H2,16,18)(H,17,19). The van der Waals surface area contributed by atoms with Crippen molar-refractivity contribution in [1.29, 1.82) is 0 Å². The first-order chi connectivity index (χ1) is 9.34. The molecule has 0 atom stereocenters. The minimum atomic E-state index is -0.122. The third-order valence-corrected chi connectivity index (χ3v) is 3.63. The molecule has 0 aliphatic rings. The van der Waals surface area contributed by atoms with Crippen LogP contribution in [0.2, 0.25) is 0 Å². The SMILES string of the molecule is CSCCCCNC(=O)c1cc(N)nc(C(C)(C)C)c1. The minimum Gasteiger partial charge on any atom is -0.384 e. The molecule has 1 amide bonds. The van der Waals surface area contributed by atoms with Gasteiger partial charge in [0.25, 0.3) is 5.91 Å². The van der Waals surface area contributed by atoms with Gasteiger partial charge in [-0.2, -0.15) is 11.8 Å². The number of pyridine rings is 1. The highest BCUT2D eigenvalue weighted by atomic mass is 32.2. The minimum absolute atomic E-state index is 0.0752. The van der Waals surface area contributed by atoms with Crippen molar-refractivity contribution in [3.05, 3.63) is 23.4 Å². The lowest BCUT2D eigenvalue weighted by atomic mass is 9.90. The van der Waals surface area contributed by atoms with Gasteiger partial charge in [-0.1, -0.05) is 20.8 Å². The van der Waals surface area contributed by atoms with Gasteiger partial charge < -0.3 is 11.1 Å². The van der Waals surface area contributed by atoms with E-state index in [9.17, 15) is 4.79 Å². The zero-order valence-electron chi connectivity index (χ0n) is 12.8. The average molecular weight is 295 g/mol. The van der Waals surface area contributed by atoms with Crippen molar-refractivity contribution in [3.63, 3.8) is 0 Å². The zero-order chi connectivity index (χ0) is 15.2. The number of nitrogens with zero attached hydrogens (tertiary/aromatic N) is 1. The van der Waals surface area contributed by atoms with Gasteiger partial charge in [0.15, 0.2) is 0 Å². The van der Waals surface area contributed by atoms with E-state index in [1.54, 1.807) is 6.07 Å². The second-order valence-corrected chi connectivity index (χ2v) is 6.86. The van der Waals surface area contributed by atoms with Gasteiger partial charge in [0.05, 0.1) is 0 Å². The first-order valence-corrected chi connectivity index (χ1v) is 8.29. The fraction of sp³-hybridized carbons (Fsp3) is 0.600. The molecule has 0 aliphatic heterocycles. The number of rotatable bonds is 6. The summed E-state index contributed by atoms with van der Waals surface area (Å²) >= 11 is 1.83. The molecule has 0 fully saturated rings. The third-order valence-electron chi connectivity index (χ3n) is 2.94. The van der Waals surface area contributed by atoms with E-state index in [1.165, 1.54) is 0 Å². The molecule has 0 saturated carbocycles. The number of nitrogens with one attached hydrogen (secondary N) is 1. The van der Waals surface area contributed by atoms with Crippen LogP contribution in [0, 0.1) is 0 Å². The lowest BCUT2D eigenvalue weighted by Crippen LogP contribution is -2.26. The summed E-state index contributed by atoms with van der Waals surface area (Å²) in [6, 6.07) is 3.46. The number of unbranched alkanes of at least 4 members (excludes halogenated alkanes) is 1.